The first-order chi connectivity index (χ1) is 14.1. The molecule has 29 heavy (non-hydrogen) atoms. The number of anilines is 1. The van der Waals surface area contributed by atoms with E-state index in [9.17, 15) is 4.39 Å². The molecule has 1 aliphatic heterocycles. The SMILES string of the molecule is Cc1cn2c(NCc3c(F)ccc4c3CCO4)ncc(-c3cnccc3Cl)c2n1. The summed E-state index contributed by atoms with van der Waals surface area (Å²) in [6.45, 7) is 2.78. The average Bonchev–Trinajstić information content (AvgIpc) is 3.34. The molecular formula is C21H17ClFN5O. The maximum atomic E-state index is 14.4. The van der Waals surface area contributed by atoms with Gasteiger partial charge in [-0.2, -0.15) is 0 Å². The van der Waals surface area contributed by atoms with E-state index < -0.39 is 0 Å². The highest BCUT2D eigenvalue weighted by atomic mass is 35.5. The van der Waals surface area contributed by atoms with Crippen molar-refractivity contribution in [3.63, 3.8) is 0 Å². The van der Waals surface area contributed by atoms with Crippen LogP contribution in [-0.2, 0) is 13.0 Å². The zero-order valence-corrected chi connectivity index (χ0v) is 16.4. The number of fused-ring (bicyclic) bond motifs is 2. The van der Waals surface area contributed by atoms with E-state index in [1.165, 1.54) is 6.07 Å². The summed E-state index contributed by atoms with van der Waals surface area (Å²) in [6.07, 6.45) is 7.63. The standard InChI is InChI=1S/C21H17ClFN5O/c1-12-11-28-20(27-12)16(14-8-24-6-4-17(14)22)10-26-21(28)25-9-15-13-5-7-29-19(13)3-2-18(15)23/h2-4,6,8,10-11H,5,7,9H2,1H3,(H,25,26). The molecule has 1 aliphatic rings. The molecule has 0 bridgehead atoms. The summed E-state index contributed by atoms with van der Waals surface area (Å²) < 4.78 is 21.8. The van der Waals surface area contributed by atoms with Crippen LogP contribution in [0.25, 0.3) is 16.8 Å². The van der Waals surface area contributed by atoms with Crippen LogP contribution in [0.3, 0.4) is 0 Å². The van der Waals surface area contributed by atoms with Crippen LogP contribution < -0.4 is 10.1 Å². The number of ether oxygens (including phenoxy) is 1. The number of rotatable bonds is 4. The van der Waals surface area contributed by atoms with E-state index >= 15 is 0 Å². The Morgan fingerprint density at radius 2 is 2.14 bits per heavy atom. The van der Waals surface area contributed by atoms with Gasteiger partial charge >= 0.3 is 0 Å². The van der Waals surface area contributed by atoms with Crippen LogP contribution in [0.1, 0.15) is 16.8 Å². The molecule has 1 N–H and O–H groups in total. The van der Waals surface area contributed by atoms with Crippen LogP contribution in [0.4, 0.5) is 10.3 Å². The topological polar surface area (TPSA) is 64.3 Å². The van der Waals surface area contributed by atoms with Crippen molar-refractivity contribution in [2.45, 2.75) is 19.9 Å². The maximum Gasteiger partial charge on any atom is 0.208 e. The third kappa shape index (κ3) is 3.07. The van der Waals surface area contributed by atoms with Gasteiger partial charge in [0.2, 0.25) is 5.95 Å². The molecule has 0 saturated carbocycles. The molecule has 4 aromatic rings. The lowest BCUT2D eigenvalue weighted by Crippen LogP contribution is -2.09. The summed E-state index contributed by atoms with van der Waals surface area (Å²) in [7, 11) is 0. The second-order valence-electron chi connectivity index (χ2n) is 6.88. The predicted molar refractivity (Wildman–Crippen MR) is 109 cm³/mol. The van der Waals surface area contributed by atoms with Crippen molar-refractivity contribution in [3.8, 4) is 16.9 Å². The van der Waals surface area contributed by atoms with Crippen molar-refractivity contribution in [2.24, 2.45) is 0 Å². The lowest BCUT2D eigenvalue weighted by molar-refractivity contribution is 0.356. The van der Waals surface area contributed by atoms with Gasteiger partial charge < -0.3 is 10.1 Å². The fourth-order valence-electron chi connectivity index (χ4n) is 3.67. The fourth-order valence-corrected chi connectivity index (χ4v) is 3.87. The number of aromatic nitrogens is 4. The Balaban J connectivity index is 1.54. The van der Waals surface area contributed by atoms with E-state index in [-0.39, 0.29) is 5.82 Å². The Morgan fingerprint density at radius 1 is 1.24 bits per heavy atom. The van der Waals surface area contributed by atoms with Crippen LogP contribution in [-0.4, -0.2) is 26.0 Å². The Labute approximate surface area is 171 Å². The van der Waals surface area contributed by atoms with Crippen LogP contribution in [0.15, 0.2) is 43.0 Å². The van der Waals surface area contributed by atoms with Gasteiger partial charge in [-0.05, 0) is 25.1 Å². The minimum atomic E-state index is -0.251. The van der Waals surface area contributed by atoms with E-state index in [1.807, 2.05) is 17.5 Å². The smallest absolute Gasteiger partial charge is 0.208 e. The van der Waals surface area contributed by atoms with Crippen LogP contribution >= 0.6 is 11.6 Å². The first kappa shape index (κ1) is 17.9. The molecule has 0 radical (unpaired) electrons. The molecular weight excluding hydrogens is 393 g/mol. The average molecular weight is 410 g/mol. The van der Waals surface area contributed by atoms with E-state index in [2.05, 4.69) is 20.3 Å². The van der Waals surface area contributed by atoms with Crippen molar-refractivity contribution in [3.05, 3.63) is 70.6 Å². The number of hydrogen-bond acceptors (Lipinski definition) is 5. The highest BCUT2D eigenvalue weighted by Crippen LogP contribution is 2.32. The van der Waals surface area contributed by atoms with Crippen molar-refractivity contribution in [1.29, 1.82) is 0 Å². The summed E-state index contributed by atoms with van der Waals surface area (Å²) >= 11 is 6.34. The number of benzene rings is 1. The molecule has 5 rings (SSSR count). The number of aryl methyl sites for hydroxylation is 1. The normalized spacial score (nSPS) is 12.8. The first-order valence-electron chi connectivity index (χ1n) is 9.23. The molecule has 4 heterocycles. The summed E-state index contributed by atoms with van der Waals surface area (Å²) in [5.41, 5.74) is 4.59. The second-order valence-corrected chi connectivity index (χ2v) is 7.29. The minimum Gasteiger partial charge on any atom is -0.493 e. The molecule has 0 fully saturated rings. The van der Waals surface area contributed by atoms with Gasteiger partial charge in [0.1, 0.15) is 17.2 Å². The number of imidazole rings is 1. The number of pyridine rings is 1. The minimum absolute atomic E-state index is 0.251. The van der Waals surface area contributed by atoms with Crippen molar-refractivity contribution in [1.82, 2.24) is 19.4 Å². The Bertz CT molecular complexity index is 1240. The van der Waals surface area contributed by atoms with Gasteiger partial charge in [0.05, 0.1) is 17.3 Å². The van der Waals surface area contributed by atoms with Gasteiger partial charge in [0, 0.05) is 60.0 Å². The summed E-state index contributed by atoms with van der Waals surface area (Å²) in [6, 6.07) is 4.86. The summed E-state index contributed by atoms with van der Waals surface area (Å²) in [5.74, 6) is 1.07. The number of hydrogen-bond donors (Lipinski definition) is 1. The van der Waals surface area contributed by atoms with Gasteiger partial charge in [-0.3, -0.25) is 9.38 Å². The Morgan fingerprint density at radius 3 is 3.00 bits per heavy atom. The van der Waals surface area contributed by atoms with Gasteiger partial charge in [0.25, 0.3) is 0 Å². The van der Waals surface area contributed by atoms with Gasteiger partial charge in [-0.15, -0.1) is 0 Å². The monoisotopic (exact) mass is 409 g/mol. The van der Waals surface area contributed by atoms with E-state index in [0.717, 1.165) is 28.1 Å². The van der Waals surface area contributed by atoms with E-state index in [0.29, 0.717) is 41.8 Å². The highest BCUT2D eigenvalue weighted by Gasteiger charge is 2.20. The van der Waals surface area contributed by atoms with E-state index in [1.54, 1.807) is 30.7 Å². The Kier molecular flexibility index (Phi) is 4.32. The molecule has 1 aromatic carbocycles. The lowest BCUT2D eigenvalue weighted by Gasteiger charge is -2.13. The first-order valence-corrected chi connectivity index (χ1v) is 9.61. The third-order valence-electron chi connectivity index (χ3n) is 5.03. The molecule has 8 heteroatoms. The van der Waals surface area contributed by atoms with Crippen molar-refractivity contribution >= 4 is 23.2 Å². The fraction of sp³-hybridized carbons (Fsp3) is 0.190. The van der Waals surface area contributed by atoms with Gasteiger partial charge in [0.15, 0.2) is 0 Å². The van der Waals surface area contributed by atoms with Gasteiger partial charge in [-0.1, -0.05) is 11.6 Å². The molecule has 0 unspecified atom stereocenters. The van der Waals surface area contributed by atoms with Crippen LogP contribution in [0, 0.1) is 12.7 Å². The predicted octanol–water partition coefficient (Wildman–Crippen LogP) is 4.44. The number of nitrogens with one attached hydrogen (secondary N) is 1. The third-order valence-corrected chi connectivity index (χ3v) is 5.36. The van der Waals surface area contributed by atoms with Gasteiger partial charge in [-0.25, -0.2) is 14.4 Å². The second kappa shape index (κ2) is 7.00. The quantitative estimate of drug-likeness (QED) is 0.540. The molecule has 0 atom stereocenters. The maximum absolute atomic E-state index is 14.4. The molecule has 0 aliphatic carbocycles. The summed E-state index contributed by atoms with van der Waals surface area (Å²) in [5, 5.41) is 3.82. The lowest BCUT2D eigenvalue weighted by atomic mass is 10.0. The number of nitrogens with zero attached hydrogens (tertiary/aromatic N) is 4. The van der Waals surface area contributed by atoms with Crippen molar-refractivity contribution < 1.29 is 9.13 Å². The molecule has 0 saturated heterocycles. The summed E-state index contributed by atoms with van der Waals surface area (Å²) in [4.78, 5) is 13.3. The zero-order valence-electron chi connectivity index (χ0n) is 15.6. The van der Waals surface area contributed by atoms with Crippen LogP contribution in [0.2, 0.25) is 5.02 Å². The largest absolute Gasteiger partial charge is 0.493 e. The molecule has 0 spiro atoms. The van der Waals surface area contributed by atoms with Crippen LogP contribution in [0.5, 0.6) is 5.75 Å². The number of halogens is 2. The molecule has 146 valence electrons. The molecule has 6 nitrogen and oxygen atoms in total. The van der Waals surface area contributed by atoms with E-state index in [4.69, 9.17) is 16.3 Å². The molecule has 3 aromatic heterocycles. The van der Waals surface area contributed by atoms with Crippen molar-refractivity contribution in [2.75, 3.05) is 11.9 Å². The highest BCUT2D eigenvalue weighted by molar-refractivity contribution is 6.33. The zero-order chi connectivity index (χ0) is 20.0. The Hall–Kier alpha value is -3.19. The molecule has 0 amide bonds.